The molecule has 4 rings (SSSR count). The Balaban J connectivity index is 1.48. The predicted molar refractivity (Wildman–Crippen MR) is 99.0 cm³/mol. The maximum Gasteiger partial charge on any atom is 0.275 e. The molecule has 0 spiro atoms. The summed E-state index contributed by atoms with van der Waals surface area (Å²) in [5, 5.41) is 8.09. The van der Waals surface area contributed by atoms with E-state index in [1.807, 2.05) is 37.4 Å². The molecule has 7 heteroatoms. The summed E-state index contributed by atoms with van der Waals surface area (Å²) < 4.78 is 1.56. The first kappa shape index (κ1) is 16.0. The van der Waals surface area contributed by atoms with Crippen LogP contribution in [0.1, 0.15) is 27.3 Å². The van der Waals surface area contributed by atoms with E-state index in [1.165, 1.54) is 0 Å². The lowest BCUT2D eigenvalue weighted by Gasteiger charge is -2.06. The van der Waals surface area contributed by atoms with E-state index in [0.717, 1.165) is 34.3 Å². The number of fused-ring (bicyclic) bond motifs is 1. The molecule has 0 aliphatic carbocycles. The van der Waals surface area contributed by atoms with Crippen LogP contribution in [0.3, 0.4) is 0 Å². The van der Waals surface area contributed by atoms with Crippen LogP contribution in [0.25, 0.3) is 11.0 Å². The number of aryl methyl sites for hydroxylation is 2. The van der Waals surface area contributed by atoms with Gasteiger partial charge in [-0.25, -0.2) is 9.97 Å². The Kier molecular flexibility index (Phi) is 3.96. The van der Waals surface area contributed by atoms with Gasteiger partial charge in [0.15, 0.2) is 0 Å². The highest BCUT2D eigenvalue weighted by atomic mass is 16.2. The van der Waals surface area contributed by atoms with Crippen molar-refractivity contribution in [1.29, 1.82) is 0 Å². The van der Waals surface area contributed by atoms with Crippen LogP contribution in [0.5, 0.6) is 0 Å². The molecule has 1 amide bonds. The molecule has 7 nitrogen and oxygen atoms in total. The smallest absolute Gasteiger partial charge is 0.275 e. The average Bonchev–Trinajstić information content (AvgIpc) is 3.19. The molecule has 4 aromatic heterocycles. The second-order valence-electron chi connectivity index (χ2n) is 6.19. The Morgan fingerprint density at radius 3 is 2.88 bits per heavy atom. The minimum atomic E-state index is -0.226. The number of nitrogens with one attached hydrogen (secondary N) is 2. The molecule has 0 aliphatic heterocycles. The van der Waals surface area contributed by atoms with Crippen LogP contribution in [-0.2, 0) is 13.5 Å². The number of pyridine rings is 2. The summed E-state index contributed by atoms with van der Waals surface area (Å²) in [7, 11) is 1.74. The normalized spacial score (nSPS) is 11.0. The molecule has 130 valence electrons. The Bertz CT molecular complexity index is 1080. The molecular formula is C19H18N6O. The van der Waals surface area contributed by atoms with E-state index in [2.05, 4.69) is 25.4 Å². The van der Waals surface area contributed by atoms with Gasteiger partial charge in [-0.1, -0.05) is 6.07 Å². The van der Waals surface area contributed by atoms with E-state index in [4.69, 9.17) is 0 Å². The topological polar surface area (TPSA) is 88.5 Å². The lowest BCUT2D eigenvalue weighted by atomic mass is 10.1. The van der Waals surface area contributed by atoms with Gasteiger partial charge in [0, 0.05) is 37.4 Å². The van der Waals surface area contributed by atoms with Crippen LogP contribution in [0.4, 0.5) is 5.82 Å². The van der Waals surface area contributed by atoms with Crippen molar-refractivity contribution in [2.75, 3.05) is 5.32 Å². The minimum Gasteiger partial charge on any atom is -0.346 e. The third-order valence-corrected chi connectivity index (χ3v) is 4.23. The van der Waals surface area contributed by atoms with Crippen LogP contribution in [-0.4, -0.2) is 30.6 Å². The molecule has 4 aromatic rings. The molecule has 2 N–H and O–H groups in total. The largest absolute Gasteiger partial charge is 0.346 e. The van der Waals surface area contributed by atoms with Crippen LogP contribution in [0, 0.1) is 6.92 Å². The number of rotatable bonds is 4. The van der Waals surface area contributed by atoms with Crippen molar-refractivity contribution in [3.05, 3.63) is 71.4 Å². The number of aromatic amines is 1. The Labute approximate surface area is 150 Å². The number of hydrogen-bond acceptors (Lipinski definition) is 4. The fraction of sp³-hybridized carbons (Fsp3) is 0.158. The summed E-state index contributed by atoms with van der Waals surface area (Å²) in [5.74, 6) is 0.286. The van der Waals surface area contributed by atoms with Crippen LogP contribution >= 0.6 is 0 Å². The number of amides is 1. The van der Waals surface area contributed by atoms with Gasteiger partial charge in [-0.3, -0.25) is 9.48 Å². The van der Waals surface area contributed by atoms with Crippen molar-refractivity contribution < 1.29 is 4.79 Å². The van der Waals surface area contributed by atoms with Gasteiger partial charge in [0.2, 0.25) is 0 Å². The van der Waals surface area contributed by atoms with Crippen molar-refractivity contribution in [2.24, 2.45) is 7.05 Å². The predicted octanol–water partition coefficient (Wildman–Crippen LogP) is 2.84. The average molecular weight is 346 g/mol. The zero-order chi connectivity index (χ0) is 18.1. The van der Waals surface area contributed by atoms with Gasteiger partial charge in [0.25, 0.3) is 5.91 Å². The van der Waals surface area contributed by atoms with Crippen molar-refractivity contribution in [3.63, 3.8) is 0 Å². The standard InChI is InChI=1S/C19H18N6O/c1-12-8-16(25(2)24-12)19(26)23-17-6-5-13(10-21-17)9-14-11-22-18-15(14)4-3-7-20-18/h3-8,10-11H,9H2,1-2H3,(H,20,22)(H,21,23,26). The third kappa shape index (κ3) is 3.06. The lowest BCUT2D eigenvalue weighted by Crippen LogP contribution is -2.16. The maximum absolute atomic E-state index is 12.3. The van der Waals surface area contributed by atoms with Gasteiger partial charge in [-0.2, -0.15) is 5.10 Å². The number of H-pyrrole nitrogens is 1. The Hall–Kier alpha value is -3.48. The van der Waals surface area contributed by atoms with Crippen molar-refractivity contribution >= 4 is 22.8 Å². The summed E-state index contributed by atoms with van der Waals surface area (Å²) in [6, 6.07) is 9.49. The molecule has 0 fully saturated rings. The molecule has 0 saturated carbocycles. The summed E-state index contributed by atoms with van der Waals surface area (Å²) in [5.41, 5.74) is 4.40. The number of carbonyl (C=O) groups is 1. The molecule has 0 aromatic carbocycles. The summed E-state index contributed by atoms with van der Waals surface area (Å²) in [6.07, 6.45) is 6.26. The number of anilines is 1. The first-order chi connectivity index (χ1) is 12.6. The molecule has 0 aliphatic rings. The van der Waals surface area contributed by atoms with Crippen LogP contribution < -0.4 is 5.32 Å². The maximum atomic E-state index is 12.3. The third-order valence-electron chi connectivity index (χ3n) is 4.23. The highest BCUT2D eigenvalue weighted by Crippen LogP contribution is 2.19. The molecule has 26 heavy (non-hydrogen) atoms. The fourth-order valence-corrected chi connectivity index (χ4v) is 2.99. The van der Waals surface area contributed by atoms with Gasteiger partial charge in [0.1, 0.15) is 17.2 Å². The van der Waals surface area contributed by atoms with E-state index in [0.29, 0.717) is 11.5 Å². The first-order valence-corrected chi connectivity index (χ1v) is 8.28. The minimum absolute atomic E-state index is 0.226. The molecule has 0 atom stereocenters. The monoisotopic (exact) mass is 346 g/mol. The van der Waals surface area contributed by atoms with E-state index < -0.39 is 0 Å². The zero-order valence-corrected chi connectivity index (χ0v) is 14.5. The Morgan fingerprint density at radius 1 is 1.27 bits per heavy atom. The summed E-state index contributed by atoms with van der Waals surface area (Å²) in [4.78, 5) is 24.1. The number of aromatic nitrogens is 5. The van der Waals surface area contributed by atoms with Gasteiger partial charge >= 0.3 is 0 Å². The molecule has 0 saturated heterocycles. The zero-order valence-electron chi connectivity index (χ0n) is 14.5. The van der Waals surface area contributed by atoms with Crippen LogP contribution in [0.2, 0.25) is 0 Å². The van der Waals surface area contributed by atoms with Crippen molar-refractivity contribution in [2.45, 2.75) is 13.3 Å². The molecule has 0 bridgehead atoms. The van der Waals surface area contributed by atoms with Gasteiger partial charge in [0.05, 0.1) is 5.69 Å². The van der Waals surface area contributed by atoms with E-state index in [-0.39, 0.29) is 5.91 Å². The first-order valence-electron chi connectivity index (χ1n) is 8.28. The summed E-state index contributed by atoms with van der Waals surface area (Å²) >= 11 is 0. The van der Waals surface area contributed by atoms with Crippen molar-refractivity contribution in [1.82, 2.24) is 24.7 Å². The highest BCUT2D eigenvalue weighted by molar-refractivity contribution is 6.02. The number of nitrogens with zero attached hydrogens (tertiary/aromatic N) is 4. The van der Waals surface area contributed by atoms with Crippen molar-refractivity contribution in [3.8, 4) is 0 Å². The number of carbonyl (C=O) groups excluding carboxylic acids is 1. The highest BCUT2D eigenvalue weighted by Gasteiger charge is 2.12. The quantitative estimate of drug-likeness (QED) is 0.595. The second kappa shape index (κ2) is 6.44. The molecule has 4 heterocycles. The second-order valence-corrected chi connectivity index (χ2v) is 6.19. The van der Waals surface area contributed by atoms with Gasteiger partial charge < -0.3 is 10.3 Å². The van der Waals surface area contributed by atoms with E-state index in [9.17, 15) is 4.79 Å². The Morgan fingerprint density at radius 2 is 2.15 bits per heavy atom. The molecule has 0 radical (unpaired) electrons. The van der Waals surface area contributed by atoms with E-state index in [1.54, 1.807) is 30.2 Å². The van der Waals surface area contributed by atoms with E-state index >= 15 is 0 Å². The molecular weight excluding hydrogens is 328 g/mol. The molecule has 0 unspecified atom stereocenters. The fourth-order valence-electron chi connectivity index (χ4n) is 2.99. The van der Waals surface area contributed by atoms with Crippen LogP contribution in [0.15, 0.2) is 48.9 Å². The van der Waals surface area contributed by atoms with Gasteiger partial charge in [-0.15, -0.1) is 0 Å². The number of hydrogen-bond donors (Lipinski definition) is 2. The SMILES string of the molecule is Cc1cc(C(=O)Nc2ccc(Cc3c[nH]c4ncccc34)cn2)n(C)n1. The lowest BCUT2D eigenvalue weighted by molar-refractivity contribution is 0.101. The van der Waals surface area contributed by atoms with Gasteiger partial charge in [-0.05, 0) is 42.3 Å². The summed E-state index contributed by atoms with van der Waals surface area (Å²) in [6.45, 7) is 1.85.